The van der Waals surface area contributed by atoms with Gasteiger partial charge in [-0.05, 0) is 72.8 Å². The second kappa shape index (κ2) is 12.0. The van der Waals surface area contributed by atoms with Gasteiger partial charge in [-0.3, -0.25) is 0 Å². The SMILES string of the molecule is COc1ccc(C(O)CCCCCN2CCC(Oc3cc(C(F)(F)F)c4ccccc4c3)CC2)cc1. The van der Waals surface area contributed by atoms with Crippen molar-refractivity contribution >= 4 is 10.8 Å². The van der Waals surface area contributed by atoms with Crippen molar-refractivity contribution in [3.8, 4) is 11.5 Å². The maximum atomic E-state index is 13.6. The van der Waals surface area contributed by atoms with E-state index in [9.17, 15) is 18.3 Å². The molecule has 0 amide bonds. The Hall–Kier alpha value is -2.77. The van der Waals surface area contributed by atoms with Gasteiger partial charge in [0.15, 0.2) is 0 Å². The molecule has 3 aromatic rings. The predicted octanol–water partition coefficient (Wildman–Crippen LogP) is 7.00. The third kappa shape index (κ3) is 6.92. The van der Waals surface area contributed by atoms with Gasteiger partial charge in [0.2, 0.25) is 0 Å². The highest BCUT2D eigenvalue weighted by atomic mass is 19.4. The number of hydrogen-bond acceptors (Lipinski definition) is 4. The van der Waals surface area contributed by atoms with Crippen LogP contribution in [0.4, 0.5) is 13.2 Å². The van der Waals surface area contributed by atoms with E-state index in [0.29, 0.717) is 5.39 Å². The number of rotatable bonds is 10. The molecule has 0 saturated carbocycles. The fourth-order valence-corrected chi connectivity index (χ4v) is 4.87. The van der Waals surface area contributed by atoms with E-state index in [1.165, 1.54) is 6.07 Å². The highest BCUT2D eigenvalue weighted by Crippen LogP contribution is 2.38. The zero-order valence-electron chi connectivity index (χ0n) is 20.6. The third-order valence-corrected chi connectivity index (χ3v) is 6.93. The average molecular weight is 502 g/mol. The topological polar surface area (TPSA) is 41.9 Å². The van der Waals surface area contributed by atoms with Gasteiger partial charge in [0.25, 0.3) is 0 Å². The molecule has 1 N–H and O–H groups in total. The van der Waals surface area contributed by atoms with E-state index >= 15 is 0 Å². The number of alkyl halides is 3. The fourth-order valence-electron chi connectivity index (χ4n) is 4.87. The van der Waals surface area contributed by atoms with Crippen LogP contribution in [0.5, 0.6) is 11.5 Å². The van der Waals surface area contributed by atoms with Crippen LogP contribution in [0.25, 0.3) is 10.8 Å². The van der Waals surface area contributed by atoms with Crippen LogP contribution < -0.4 is 9.47 Å². The minimum atomic E-state index is -4.42. The molecule has 0 aliphatic carbocycles. The van der Waals surface area contributed by atoms with E-state index in [1.54, 1.807) is 31.4 Å². The normalized spacial score (nSPS) is 16.2. The van der Waals surface area contributed by atoms with Gasteiger partial charge < -0.3 is 19.5 Å². The van der Waals surface area contributed by atoms with Crippen LogP contribution in [0.2, 0.25) is 0 Å². The maximum Gasteiger partial charge on any atom is 0.417 e. The van der Waals surface area contributed by atoms with Crippen molar-refractivity contribution in [2.45, 2.75) is 56.9 Å². The van der Waals surface area contributed by atoms with Gasteiger partial charge in [0.05, 0.1) is 18.8 Å². The number of halogens is 3. The number of methoxy groups -OCH3 is 1. The molecule has 194 valence electrons. The number of aliphatic hydroxyl groups is 1. The van der Waals surface area contributed by atoms with Crippen LogP contribution >= 0.6 is 0 Å². The summed E-state index contributed by atoms with van der Waals surface area (Å²) in [7, 11) is 1.62. The molecule has 1 unspecified atom stereocenters. The second-order valence-corrected chi connectivity index (χ2v) is 9.49. The number of ether oxygens (including phenoxy) is 2. The van der Waals surface area contributed by atoms with Crippen LogP contribution in [0, 0.1) is 0 Å². The Morgan fingerprint density at radius 1 is 0.944 bits per heavy atom. The minimum absolute atomic E-state index is 0.0804. The summed E-state index contributed by atoms with van der Waals surface area (Å²) in [6, 6.07) is 16.9. The Morgan fingerprint density at radius 2 is 1.67 bits per heavy atom. The van der Waals surface area contributed by atoms with Crippen molar-refractivity contribution in [3.05, 3.63) is 71.8 Å². The molecule has 1 fully saturated rings. The largest absolute Gasteiger partial charge is 0.497 e. The first-order valence-electron chi connectivity index (χ1n) is 12.6. The lowest BCUT2D eigenvalue weighted by Crippen LogP contribution is -2.38. The number of likely N-dealkylation sites (tertiary alicyclic amines) is 1. The highest BCUT2D eigenvalue weighted by Gasteiger charge is 2.33. The first kappa shape index (κ1) is 26.3. The maximum absolute atomic E-state index is 13.6. The predicted molar refractivity (Wildman–Crippen MR) is 135 cm³/mol. The Morgan fingerprint density at radius 3 is 2.36 bits per heavy atom. The second-order valence-electron chi connectivity index (χ2n) is 9.49. The van der Waals surface area contributed by atoms with Crippen molar-refractivity contribution < 1.29 is 27.8 Å². The minimum Gasteiger partial charge on any atom is -0.497 e. The lowest BCUT2D eigenvalue weighted by Gasteiger charge is -2.32. The van der Waals surface area contributed by atoms with Gasteiger partial charge in [-0.1, -0.05) is 49.2 Å². The molecule has 1 saturated heterocycles. The summed E-state index contributed by atoms with van der Waals surface area (Å²) in [5, 5.41) is 11.1. The van der Waals surface area contributed by atoms with Gasteiger partial charge >= 0.3 is 6.18 Å². The average Bonchev–Trinajstić information content (AvgIpc) is 2.88. The highest BCUT2D eigenvalue weighted by molar-refractivity contribution is 5.87. The molecule has 1 atom stereocenters. The summed E-state index contributed by atoms with van der Waals surface area (Å²) in [6.07, 6.45) is 0.410. The molecule has 4 rings (SSSR count). The number of benzene rings is 3. The number of fused-ring (bicyclic) bond motifs is 1. The monoisotopic (exact) mass is 501 g/mol. The number of piperidine rings is 1. The Labute approximate surface area is 210 Å². The van der Waals surface area contributed by atoms with Crippen LogP contribution in [0.1, 0.15) is 55.8 Å². The summed E-state index contributed by atoms with van der Waals surface area (Å²) in [6.45, 7) is 2.73. The van der Waals surface area contributed by atoms with E-state index in [4.69, 9.17) is 9.47 Å². The van der Waals surface area contributed by atoms with Gasteiger partial charge in [-0.15, -0.1) is 0 Å². The first-order valence-corrected chi connectivity index (χ1v) is 12.6. The molecule has 36 heavy (non-hydrogen) atoms. The number of hydrogen-bond donors (Lipinski definition) is 1. The molecular formula is C29H34F3NO3. The summed E-state index contributed by atoms with van der Waals surface area (Å²) in [5.74, 6) is 1.07. The van der Waals surface area contributed by atoms with E-state index in [2.05, 4.69) is 4.90 Å². The lowest BCUT2D eigenvalue weighted by molar-refractivity contribution is -0.136. The molecule has 4 nitrogen and oxygen atoms in total. The van der Waals surface area contributed by atoms with Gasteiger partial charge in [0, 0.05) is 13.1 Å². The van der Waals surface area contributed by atoms with Crippen molar-refractivity contribution in [1.82, 2.24) is 4.90 Å². The van der Waals surface area contributed by atoms with E-state index in [1.807, 2.05) is 24.3 Å². The molecule has 0 spiro atoms. The first-order chi connectivity index (χ1) is 17.3. The van der Waals surface area contributed by atoms with Crippen molar-refractivity contribution in [2.75, 3.05) is 26.7 Å². The zero-order chi connectivity index (χ0) is 25.5. The molecule has 7 heteroatoms. The summed E-state index contributed by atoms with van der Waals surface area (Å²) in [5.41, 5.74) is 0.261. The number of unbranched alkanes of at least 4 members (excludes halogenated alkanes) is 2. The lowest BCUT2D eigenvalue weighted by atomic mass is 10.0. The van der Waals surface area contributed by atoms with Crippen LogP contribution in [0.3, 0.4) is 0 Å². The summed E-state index contributed by atoms with van der Waals surface area (Å²) >= 11 is 0. The van der Waals surface area contributed by atoms with Crippen LogP contribution in [-0.2, 0) is 6.18 Å². The van der Waals surface area contributed by atoms with E-state index in [0.717, 1.165) is 75.5 Å². The van der Waals surface area contributed by atoms with Gasteiger partial charge in [0.1, 0.15) is 17.6 Å². The molecule has 0 aromatic heterocycles. The Balaban J connectivity index is 1.18. The summed E-state index contributed by atoms with van der Waals surface area (Å²) < 4.78 is 51.9. The van der Waals surface area contributed by atoms with Gasteiger partial charge in [-0.2, -0.15) is 13.2 Å². The molecule has 1 aliphatic rings. The molecule has 0 bridgehead atoms. The Kier molecular flexibility index (Phi) is 8.75. The van der Waals surface area contributed by atoms with E-state index in [-0.39, 0.29) is 17.2 Å². The standard InChI is InChI=1S/C29H34F3NO3/c1-35-23-12-10-21(11-13-23)28(34)9-3-2-6-16-33-17-14-24(15-18-33)36-25-19-22-7-4-5-8-26(22)27(20-25)29(30,31)32/h4-5,7-8,10-13,19-20,24,28,34H,2-3,6,9,14-18H2,1H3. The molecule has 1 aliphatic heterocycles. The van der Waals surface area contributed by atoms with Crippen molar-refractivity contribution in [2.24, 2.45) is 0 Å². The molecule has 1 heterocycles. The number of aliphatic hydroxyl groups excluding tert-OH is 1. The molecule has 3 aromatic carbocycles. The third-order valence-electron chi connectivity index (χ3n) is 6.93. The molecule has 0 radical (unpaired) electrons. The summed E-state index contributed by atoms with van der Waals surface area (Å²) in [4.78, 5) is 2.39. The zero-order valence-corrected chi connectivity index (χ0v) is 20.6. The Bertz CT molecular complexity index is 1110. The van der Waals surface area contributed by atoms with E-state index < -0.39 is 17.8 Å². The van der Waals surface area contributed by atoms with Crippen LogP contribution in [-0.4, -0.2) is 42.9 Å². The van der Waals surface area contributed by atoms with Gasteiger partial charge in [-0.25, -0.2) is 0 Å². The van der Waals surface area contributed by atoms with Crippen molar-refractivity contribution in [1.29, 1.82) is 0 Å². The number of nitrogens with zero attached hydrogens (tertiary/aromatic N) is 1. The van der Waals surface area contributed by atoms with Crippen LogP contribution in [0.15, 0.2) is 60.7 Å². The smallest absolute Gasteiger partial charge is 0.417 e. The fraction of sp³-hybridized carbons (Fsp3) is 0.448. The molecular weight excluding hydrogens is 467 g/mol. The quantitative estimate of drug-likeness (QED) is 0.304. The van der Waals surface area contributed by atoms with Crippen molar-refractivity contribution in [3.63, 3.8) is 0 Å².